The van der Waals surface area contributed by atoms with Crippen LogP contribution in [0.1, 0.15) is 25.7 Å². The minimum atomic E-state index is -0.307. The first-order valence-electron chi connectivity index (χ1n) is 6.91. The molecule has 1 aliphatic rings. The van der Waals surface area contributed by atoms with Crippen molar-refractivity contribution < 1.29 is 4.74 Å². The van der Waals surface area contributed by atoms with Gasteiger partial charge in [-0.25, -0.2) is 4.68 Å². The molecule has 0 spiro atoms. The summed E-state index contributed by atoms with van der Waals surface area (Å²) in [5.74, 6) is 0. The lowest BCUT2D eigenvalue weighted by Gasteiger charge is -2.26. The van der Waals surface area contributed by atoms with E-state index in [1.54, 1.807) is 13.2 Å². The number of hydrogen-bond acceptors (Lipinski definition) is 5. The van der Waals surface area contributed by atoms with Crippen molar-refractivity contribution in [3.05, 3.63) is 21.6 Å². The number of hydrogen-bond donors (Lipinski definition) is 2. The van der Waals surface area contributed by atoms with Gasteiger partial charge in [-0.3, -0.25) is 4.79 Å². The molecule has 3 N–H and O–H groups in total. The monoisotopic (exact) mass is 300 g/mol. The third kappa shape index (κ3) is 3.94. The van der Waals surface area contributed by atoms with Gasteiger partial charge >= 0.3 is 0 Å². The number of rotatable bonds is 5. The number of halogens is 1. The second-order valence-electron chi connectivity index (χ2n) is 5.14. The predicted molar refractivity (Wildman–Crippen MR) is 79.2 cm³/mol. The van der Waals surface area contributed by atoms with E-state index in [1.165, 1.54) is 4.68 Å². The van der Waals surface area contributed by atoms with Crippen LogP contribution in [0.15, 0.2) is 11.0 Å². The summed E-state index contributed by atoms with van der Waals surface area (Å²) < 4.78 is 6.99. The Hall–Kier alpha value is -1.11. The largest absolute Gasteiger partial charge is 0.380 e. The highest BCUT2D eigenvalue weighted by molar-refractivity contribution is 6.32. The van der Waals surface area contributed by atoms with Crippen LogP contribution in [0.5, 0.6) is 0 Å². The van der Waals surface area contributed by atoms with Crippen molar-refractivity contribution >= 4 is 17.3 Å². The molecule has 0 saturated heterocycles. The lowest BCUT2D eigenvalue weighted by atomic mass is 9.94. The van der Waals surface area contributed by atoms with Crippen molar-refractivity contribution in [1.82, 2.24) is 9.78 Å². The molecule has 1 aromatic heterocycles. The highest BCUT2D eigenvalue weighted by Crippen LogP contribution is 2.20. The number of anilines is 1. The van der Waals surface area contributed by atoms with E-state index in [1.807, 2.05) is 0 Å². The number of nitrogens with two attached hydrogens (primary N) is 1. The third-order valence-corrected chi connectivity index (χ3v) is 3.93. The quantitative estimate of drug-likeness (QED) is 0.797. The normalized spacial score (nSPS) is 22.8. The van der Waals surface area contributed by atoms with Crippen molar-refractivity contribution in [2.24, 2.45) is 12.8 Å². The number of nitrogens with zero attached hydrogens (tertiary/aromatic N) is 2. The molecule has 2 rings (SSSR count). The van der Waals surface area contributed by atoms with Gasteiger partial charge < -0.3 is 15.8 Å². The predicted octanol–water partition coefficient (Wildman–Crippen LogP) is 1.13. The van der Waals surface area contributed by atoms with E-state index in [0.29, 0.717) is 31.0 Å². The number of aryl methyl sites for hydroxylation is 1. The second kappa shape index (κ2) is 7.06. The summed E-state index contributed by atoms with van der Waals surface area (Å²) in [6.45, 7) is 1.17. The molecule has 0 aromatic carbocycles. The Kier molecular flexibility index (Phi) is 5.39. The number of aromatic nitrogens is 2. The van der Waals surface area contributed by atoms with Gasteiger partial charge in [0.05, 0.1) is 24.6 Å². The molecule has 0 atom stereocenters. The second-order valence-corrected chi connectivity index (χ2v) is 5.51. The fourth-order valence-electron chi connectivity index (χ4n) is 2.30. The maximum absolute atomic E-state index is 11.6. The lowest BCUT2D eigenvalue weighted by Crippen LogP contribution is -2.31. The molecule has 1 fully saturated rings. The molecule has 0 radical (unpaired) electrons. The van der Waals surface area contributed by atoms with Crippen molar-refractivity contribution in [2.45, 2.75) is 37.8 Å². The molecule has 0 unspecified atom stereocenters. The van der Waals surface area contributed by atoms with Crippen LogP contribution in [-0.4, -0.2) is 35.1 Å². The summed E-state index contributed by atoms with van der Waals surface area (Å²) in [6, 6.07) is 0.332. The topological polar surface area (TPSA) is 82.2 Å². The van der Waals surface area contributed by atoms with E-state index in [0.717, 1.165) is 25.7 Å². The van der Waals surface area contributed by atoms with E-state index in [4.69, 9.17) is 22.1 Å². The zero-order chi connectivity index (χ0) is 14.5. The first-order valence-corrected chi connectivity index (χ1v) is 7.28. The van der Waals surface area contributed by atoms with E-state index < -0.39 is 0 Å². The first kappa shape index (κ1) is 15.3. The van der Waals surface area contributed by atoms with E-state index in [9.17, 15) is 4.79 Å². The highest BCUT2D eigenvalue weighted by atomic mass is 35.5. The Labute approximate surface area is 123 Å². The number of nitrogens with one attached hydrogen (secondary N) is 1. The smallest absolute Gasteiger partial charge is 0.287 e. The Bertz CT molecular complexity index is 498. The Balaban J connectivity index is 1.74. The average molecular weight is 301 g/mol. The van der Waals surface area contributed by atoms with Gasteiger partial charge in [0.1, 0.15) is 5.02 Å². The maximum Gasteiger partial charge on any atom is 0.287 e. The summed E-state index contributed by atoms with van der Waals surface area (Å²) in [5.41, 5.74) is 6.09. The van der Waals surface area contributed by atoms with Gasteiger partial charge in [0.2, 0.25) is 0 Å². The summed E-state index contributed by atoms with van der Waals surface area (Å²) >= 11 is 5.95. The first-order chi connectivity index (χ1) is 9.58. The van der Waals surface area contributed by atoms with Gasteiger partial charge in [-0.2, -0.15) is 5.10 Å². The lowest BCUT2D eigenvalue weighted by molar-refractivity contribution is 0.0313. The molecule has 1 saturated carbocycles. The van der Waals surface area contributed by atoms with Gasteiger partial charge in [-0.15, -0.1) is 0 Å². The molecular weight excluding hydrogens is 280 g/mol. The summed E-state index contributed by atoms with van der Waals surface area (Å²) in [7, 11) is 1.56. The van der Waals surface area contributed by atoms with E-state index in [2.05, 4.69) is 10.4 Å². The Morgan fingerprint density at radius 1 is 1.50 bits per heavy atom. The van der Waals surface area contributed by atoms with Gasteiger partial charge in [0.15, 0.2) is 0 Å². The fourth-order valence-corrected chi connectivity index (χ4v) is 2.54. The SMILES string of the molecule is Cn1ncc(NCCOC2CCC(N)CC2)c(Cl)c1=O. The molecular formula is C13H21ClN4O2. The van der Waals surface area contributed by atoms with Crippen LogP contribution in [-0.2, 0) is 11.8 Å². The van der Waals surface area contributed by atoms with Crippen LogP contribution in [0.3, 0.4) is 0 Å². The van der Waals surface area contributed by atoms with E-state index >= 15 is 0 Å². The Morgan fingerprint density at radius 2 is 2.20 bits per heavy atom. The molecule has 6 nitrogen and oxygen atoms in total. The van der Waals surface area contributed by atoms with E-state index in [-0.39, 0.29) is 10.6 Å². The van der Waals surface area contributed by atoms with Crippen LogP contribution in [0.2, 0.25) is 5.02 Å². The third-order valence-electron chi connectivity index (χ3n) is 3.57. The maximum atomic E-state index is 11.6. The van der Waals surface area contributed by atoms with Crippen molar-refractivity contribution in [1.29, 1.82) is 0 Å². The van der Waals surface area contributed by atoms with Crippen LogP contribution in [0.25, 0.3) is 0 Å². The zero-order valence-electron chi connectivity index (χ0n) is 11.6. The highest BCUT2D eigenvalue weighted by Gasteiger charge is 2.18. The molecule has 1 aliphatic carbocycles. The van der Waals surface area contributed by atoms with Crippen LogP contribution < -0.4 is 16.6 Å². The average Bonchev–Trinajstić information content (AvgIpc) is 2.45. The fraction of sp³-hybridized carbons (Fsp3) is 0.692. The van der Waals surface area contributed by atoms with Crippen LogP contribution in [0.4, 0.5) is 5.69 Å². The summed E-state index contributed by atoms with van der Waals surface area (Å²) in [5, 5.41) is 7.15. The molecule has 20 heavy (non-hydrogen) atoms. The molecule has 7 heteroatoms. The standard InChI is InChI=1S/C13H21ClN4O2/c1-18-13(19)12(14)11(8-17-18)16-6-7-20-10-4-2-9(15)3-5-10/h8-10,16H,2-7,15H2,1H3. The molecule has 0 aliphatic heterocycles. The molecule has 1 heterocycles. The number of ether oxygens (including phenoxy) is 1. The van der Waals surface area contributed by atoms with Crippen LogP contribution >= 0.6 is 11.6 Å². The molecule has 0 bridgehead atoms. The van der Waals surface area contributed by atoms with Gasteiger partial charge in [-0.1, -0.05) is 11.6 Å². The van der Waals surface area contributed by atoms with Crippen LogP contribution in [0, 0.1) is 0 Å². The molecule has 0 amide bonds. The molecule has 112 valence electrons. The summed E-state index contributed by atoms with van der Waals surface area (Å²) in [6.07, 6.45) is 5.95. The van der Waals surface area contributed by atoms with Crippen molar-refractivity contribution in [2.75, 3.05) is 18.5 Å². The zero-order valence-corrected chi connectivity index (χ0v) is 12.4. The summed E-state index contributed by atoms with van der Waals surface area (Å²) in [4.78, 5) is 11.6. The minimum absolute atomic E-state index is 0.158. The van der Waals surface area contributed by atoms with Crippen molar-refractivity contribution in [3.63, 3.8) is 0 Å². The van der Waals surface area contributed by atoms with Gasteiger partial charge in [-0.05, 0) is 25.7 Å². The van der Waals surface area contributed by atoms with Crippen molar-refractivity contribution in [3.8, 4) is 0 Å². The van der Waals surface area contributed by atoms with Gasteiger partial charge in [0.25, 0.3) is 5.56 Å². The van der Waals surface area contributed by atoms with Gasteiger partial charge in [0, 0.05) is 19.6 Å². The molecule has 1 aromatic rings. The minimum Gasteiger partial charge on any atom is -0.380 e. The Morgan fingerprint density at radius 3 is 2.90 bits per heavy atom.